The van der Waals surface area contributed by atoms with Crippen molar-refractivity contribution in [3.63, 3.8) is 0 Å². The van der Waals surface area contributed by atoms with Crippen molar-refractivity contribution < 1.29 is 0 Å². The molecule has 0 fully saturated rings. The van der Waals surface area contributed by atoms with Crippen molar-refractivity contribution in [1.82, 2.24) is 5.32 Å². The van der Waals surface area contributed by atoms with E-state index in [1.807, 2.05) is 7.05 Å². The summed E-state index contributed by atoms with van der Waals surface area (Å²) in [7, 11) is 3.37. The van der Waals surface area contributed by atoms with Gasteiger partial charge in [-0.2, -0.15) is 0 Å². The van der Waals surface area contributed by atoms with Gasteiger partial charge in [0.15, 0.2) is 0 Å². The van der Waals surface area contributed by atoms with Crippen molar-refractivity contribution in [3.05, 3.63) is 0 Å². The lowest BCUT2D eigenvalue weighted by molar-refractivity contribution is 0.534. The summed E-state index contributed by atoms with van der Waals surface area (Å²) in [5.41, 5.74) is 0. The molecule has 0 aliphatic carbocycles. The highest BCUT2D eigenvalue weighted by molar-refractivity contribution is 7.37. The molecule has 2 heteroatoms. The minimum absolute atomic E-state index is 0.580. The third-order valence-corrected chi connectivity index (χ3v) is 1.98. The molecule has 0 aromatic heterocycles. The zero-order chi connectivity index (χ0) is 7.28. The summed E-state index contributed by atoms with van der Waals surface area (Å²) in [5.74, 6) is 2.99. The van der Waals surface area contributed by atoms with Crippen LogP contribution in [0.25, 0.3) is 0 Å². The highest BCUT2D eigenvalue weighted by Gasteiger charge is 2.04. The lowest BCUT2D eigenvalue weighted by atomic mass is 10.1. The van der Waals surface area contributed by atoms with Crippen molar-refractivity contribution in [2.75, 3.05) is 13.7 Å². The van der Waals surface area contributed by atoms with Crippen molar-refractivity contribution in [2.45, 2.75) is 19.9 Å². The zero-order valence-corrected chi connectivity index (χ0v) is 7.57. The maximum absolute atomic E-state index is 3.24. The third kappa shape index (κ3) is 3.66. The van der Waals surface area contributed by atoms with Crippen LogP contribution >= 0.6 is 8.20 Å². The van der Waals surface area contributed by atoms with Crippen LogP contribution in [0.3, 0.4) is 0 Å². The van der Waals surface area contributed by atoms with E-state index < -0.39 is 0 Å². The molecule has 1 atom stereocenters. The average Bonchev–Trinajstić information content (AvgIpc) is 1.82. The monoisotopic (exact) mass is 145 g/mol. The van der Waals surface area contributed by atoms with E-state index in [2.05, 4.69) is 31.6 Å². The fourth-order valence-corrected chi connectivity index (χ4v) is 1.56. The van der Waals surface area contributed by atoms with Crippen LogP contribution in [0.15, 0.2) is 0 Å². The zero-order valence-electron chi connectivity index (χ0n) is 6.68. The summed E-state index contributed by atoms with van der Waals surface area (Å²) in [6.45, 7) is 6.60. The normalized spacial score (nSPS) is 15.2. The van der Waals surface area contributed by atoms with Crippen LogP contribution in [-0.4, -0.2) is 25.6 Å². The molecule has 0 saturated carbocycles. The molecular weight excluding hydrogens is 129 g/mol. The summed E-state index contributed by atoms with van der Waals surface area (Å²) in [6, 6.07) is 0.580. The molecule has 0 aliphatic rings. The first kappa shape index (κ1) is 9.13. The second kappa shape index (κ2) is 4.96. The summed E-state index contributed by atoms with van der Waals surface area (Å²) in [5, 5.41) is 3.24. The van der Waals surface area contributed by atoms with Gasteiger partial charge in [0.2, 0.25) is 0 Å². The van der Waals surface area contributed by atoms with Gasteiger partial charge in [-0.1, -0.05) is 13.8 Å². The van der Waals surface area contributed by atoms with Crippen molar-refractivity contribution in [3.8, 4) is 0 Å². The minimum atomic E-state index is 0.580. The summed E-state index contributed by atoms with van der Waals surface area (Å²) in [6.07, 6.45) is 0. The summed E-state index contributed by atoms with van der Waals surface area (Å²) < 4.78 is 0. The van der Waals surface area contributed by atoms with Gasteiger partial charge in [-0.25, -0.2) is 0 Å². The molecule has 0 aromatic rings. The van der Waals surface area contributed by atoms with Gasteiger partial charge in [0.25, 0.3) is 0 Å². The second-order valence-electron chi connectivity index (χ2n) is 2.47. The fourth-order valence-electron chi connectivity index (χ4n) is 0.741. The summed E-state index contributed by atoms with van der Waals surface area (Å²) in [4.78, 5) is 0. The number of rotatable bonds is 3. The highest BCUT2D eigenvalue weighted by Crippen LogP contribution is 2.00. The number of hydrogen-bond donors (Lipinski definition) is 1. The van der Waals surface area contributed by atoms with Gasteiger partial charge in [0.05, 0.1) is 0 Å². The van der Waals surface area contributed by atoms with Crippen LogP contribution in [0.5, 0.6) is 0 Å². The van der Waals surface area contributed by atoms with Gasteiger partial charge in [-0.05, 0) is 25.4 Å². The van der Waals surface area contributed by atoms with E-state index in [-0.39, 0.29) is 0 Å². The van der Waals surface area contributed by atoms with Gasteiger partial charge < -0.3 is 5.32 Å². The first-order chi connectivity index (χ1) is 4.22. The quantitative estimate of drug-likeness (QED) is 0.595. The molecule has 0 rings (SSSR count). The lowest BCUT2D eigenvalue weighted by Gasteiger charge is -2.14. The molecule has 1 nitrogen and oxygen atoms in total. The van der Waals surface area contributed by atoms with Gasteiger partial charge in [-0.3, -0.25) is 0 Å². The Kier molecular flexibility index (Phi) is 5.03. The predicted molar refractivity (Wildman–Crippen MR) is 46.6 cm³/mol. The topological polar surface area (TPSA) is 12.0 Å². The molecular formula is C7H16NP. The molecule has 0 radical (unpaired) electrons. The van der Waals surface area contributed by atoms with Crippen molar-refractivity contribution in [2.24, 2.45) is 5.92 Å². The molecule has 0 amide bonds. The van der Waals surface area contributed by atoms with Gasteiger partial charge in [0, 0.05) is 6.04 Å². The Labute approximate surface area is 59.7 Å². The molecule has 0 saturated heterocycles. The first-order valence-corrected chi connectivity index (χ1v) is 4.73. The Balaban J connectivity index is 3.68. The Morgan fingerprint density at radius 2 is 2.00 bits per heavy atom. The molecule has 0 bridgehead atoms. The minimum Gasteiger partial charge on any atom is -0.313 e. The maximum atomic E-state index is 3.24. The van der Waals surface area contributed by atoms with E-state index in [4.69, 9.17) is 0 Å². The lowest BCUT2D eigenvalue weighted by Crippen LogP contribution is -2.31. The molecule has 0 spiro atoms. The Morgan fingerprint density at radius 1 is 1.44 bits per heavy atom. The van der Waals surface area contributed by atoms with E-state index in [1.165, 1.54) is 8.20 Å². The van der Waals surface area contributed by atoms with Crippen molar-refractivity contribution in [1.29, 1.82) is 0 Å². The van der Waals surface area contributed by atoms with Crippen LogP contribution in [0.2, 0.25) is 0 Å². The molecule has 1 unspecified atom stereocenters. The molecule has 9 heavy (non-hydrogen) atoms. The van der Waals surface area contributed by atoms with Gasteiger partial charge in [-0.15, -0.1) is 8.20 Å². The SMILES string of the molecule is CNC(C=PC)C(C)C. The van der Waals surface area contributed by atoms with Gasteiger partial charge >= 0.3 is 0 Å². The maximum Gasteiger partial charge on any atom is 0.0312 e. The molecule has 54 valence electrons. The predicted octanol–water partition coefficient (Wildman–Crippen LogP) is 1.61. The molecule has 0 aromatic carbocycles. The number of nitrogens with one attached hydrogen (secondary N) is 1. The van der Waals surface area contributed by atoms with Crippen LogP contribution < -0.4 is 5.32 Å². The third-order valence-electron chi connectivity index (χ3n) is 1.36. The Hall–Kier alpha value is 0.130. The van der Waals surface area contributed by atoms with Crippen molar-refractivity contribution >= 4 is 14.0 Å². The molecule has 0 heterocycles. The molecule has 0 aliphatic heterocycles. The van der Waals surface area contributed by atoms with E-state index in [1.54, 1.807) is 0 Å². The van der Waals surface area contributed by atoms with Gasteiger partial charge in [0.1, 0.15) is 0 Å². The van der Waals surface area contributed by atoms with Crippen LogP contribution in [0, 0.1) is 5.92 Å². The van der Waals surface area contributed by atoms with E-state index >= 15 is 0 Å². The first-order valence-electron chi connectivity index (χ1n) is 3.32. The van der Waals surface area contributed by atoms with E-state index in [0.29, 0.717) is 12.0 Å². The highest BCUT2D eigenvalue weighted by atomic mass is 31.1. The standard InChI is InChI=1S/C7H16NP/c1-6(2)7(8-3)5-9-4/h5-8H,1-4H3. The molecule has 1 N–H and O–H groups in total. The summed E-state index contributed by atoms with van der Waals surface area (Å²) >= 11 is 0. The fraction of sp³-hybridized carbons (Fsp3) is 0.857. The average molecular weight is 145 g/mol. The Bertz CT molecular complexity index is 88.9. The largest absolute Gasteiger partial charge is 0.313 e. The second-order valence-corrected chi connectivity index (χ2v) is 3.28. The number of hydrogen-bond acceptors (Lipinski definition) is 1. The van der Waals surface area contributed by atoms with E-state index in [0.717, 1.165) is 0 Å². The van der Waals surface area contributed by atoms with Crippen LogP contribution in [0.1, 0.15) is 13.8 Å². The van der Waals surface area contributed by atoms with Crippen LogP contribution in [0.4, 0.5) is 0 Å². The van der Waals surface area contributed by atoms with E-state index in [9.17, 15) is 0 Å². The van der Waals surface area contributed by atoms with Crippen LogP contribution in [-0.2, 0) is 0 Å². The smallest absolute Gasteiger partial charge is 0.0312 e. The Morgan fingerprint density at radius 3 is 2.11 bits per heavy atom.